The van der Waals surface area contributed by atoms with Crippen molar-refractivity contribution in [1.29, 1.82) is 0 Å². The first-order valence-corrected chi connectivity index (χ1v) is 7.48. The van der Waals surface area contributed by atoms with Gasteiger partial charge in [0.15, 0.2) is 0 Å². The van der Waals surface area contributed by atoms with Crippen LogP contribution >= 0.6 is 0 Å². The van der Waals surface area contributed by atoms with E-state index in [9.17, 15) is 4.79 Å². The van der Waals surface area contributed by atoms with Gasteiger partial charge in [-0.2, -0.15) is 0 Å². The maximum absolute atomic E-state index is 11.9. The van der Waals surface area contributed by atoms with E-state index < -0.39 is 0 Å². The lowest BCUT2D eigenvalue weighted by molar-refractivity contribution is 0.162. The lowest BCUT2D eigenvalue weighted by atomic mass is 10.0. The Morgan fingerprint density at radius 3 is 3.14 bits per heavy atom. The van der Waals surface area contributed by atoms with E-state index in [1.807, 2.05) is 0 Å². The summed E-state index contributed by atoms with van der Waals surface area (Å²) in [5, 5.41) is 5.63. The summed E-state index contributed by atoms with van der Waals surface area (Å²) in [5.41, 5.74) is 0.573. The minimum absolute atomic E-state index is 0.231. The SMILES string of the molecule is COc1ncccc1NC(=O)NCCN1CCCC[C@H]1C. The van der Waals surface area contributed by atoms with Gasteiger partial charge in [-0.05, 0) is 38.4 Å². The zero-order valence-electron chi connectivity index (χ0n) is 12.8. The van der Waals surface area contributed by atoms with Crippen LogP contribution < -0.4 is 15.4 Å². The number of amides is 2. The summed E-state index contributed by atoms with van der Waals surface area (Å²) in [4.78, 5) is 18.3. The third-order valence-electron chi connectivity index (χ3n) is 3.84. The molecule has 1 saturated heterocycles. The highest BCUT2D eigenvalue weighted by atomic mass is 16.5. The first-order chi connectivity index (χ1) is 10.2. The second kappa shape index (κ2) is 7.83. The number of likely N-dealkylation sites (tertiary alicyclic amines) is 1. The van der Waals surface area contributed by atoms with E-state index in [0.717, 1.165) is 13.1 Å². The Balaban J connectivity index is 1.74. The van der Waals surface area contributed by atoms with Gasteiger partial charge in [0.05, 0.1) is 7.11 Å². The van der Waals surface area contributed by atoms with Crippen molar-refractivity contribution in [2.75, 3.05) is 32.1 Å². The molecule has 6 nitrogen and oxygen atoms in total. The minimum Gasteiger partial charge on any atom is -0.480 e. The summed E-state index contributed by atoms with van der Waals surface area (Å²) >= 11 is 0. The van der Waals surface area contributed by atoms with Crippen LogP contribution in [-0.2, 0) is 0 Å². The molecule has 2 rings (SSSR count). The third-order valence-corrected chi connectivity index (χ3v) is 3.84. The van der Waals surface area contributed by atoms with Crippen molar-refractivity contribution in [1.82, 2.24) is 15.2 Å². The van der Waals surface area contributed by atoms with E-state index in [1.54, 1.807) is 18.3 Å². The molecule has 2 N–H and O–H groups in total. The third kappa shape index (κ3) is 4.60. The molecule has 1 aromatic rings. The van der Waals surface area contributed by atoms with E-state index in [-0.39, 0.29) is 6.03 Å². The van der Waals surface area contributed by atoms with Gasteiger partial charge in [-0.15, -0.1) is 0 Å². The number of nitrogens with zero attached hydrogens (tertiary/aromatic N) is 2. The van der Waals surface area contributed by atoms with Crippen molar-refractivity contribution >= 4 is 11.7 Å². The Morgan fingerprint density at radius 2 is 2.38 bits per heavy atom. The molecule has 6 heteroatoms. The molecular weight excluding hydrogens is 268 g/mol. The summed E-state index contributed by atoms with van der Waals surface area (Å²) in [6, 6.07) is 3.90. The molecule has 1 atom stereocenters. The van der Waals surface area contributed by atoms with Crippen molar-refractivity contribution < 1.29 is 9.53 Å². The van der Waals surface area contributed by atoms with Gasteiger partial charge in [-0.1, -0.05) is 6.42 Å². The Hall–Kier alpha value is -1.82. The fourth-order valence-corrected chi connectivity index (χ4v) is 2.62. The average Bonchev–Trinajstić information content (AvgIpc) is 2.50. The zero-order chi connectivity index (χ0) is 15.1. The van der Waals surface area contributed by atoms with Crippen LogP contribution in [0.25, 0.3) is 0 Å². The van der Waals surface area contributed by atoms with Gasteiger partial charge in [0, 0.05) is 25.3 Å². The topological polar surface area (TPSA) is 66.5 Å². The second-order valence-corrected chi connectivity index (χ2v) is 5.32. The average molecular weight is 292 g/mol. The summed E-state index contributed by atoms with van der Waals surface area (Å²) in [6.07, 6.45) is 5.44. The van der Waals surface area contributed by atoms with Gasteiger partial charge in [0.25, 0.3) is 0 Å². The van der Waals surface area contributed by atoms with Crippen molar-refractivity contribution in [3.8, 4) is 5.88 Å². The van der Waals surface area contributed by atoms with Crippen LogP contribution in [0.15, 0.2) is 18.3 Å². The van der Waals surface area contributed by atoms with Crippen LogP contribution in [0.3, 0.4) is 0 Å². The van der Waals surface area contributed by atoms with Gasteiger partial charge in [-0.3, -0.25) is 4.90 Å². The first-order valence-electron chi connectivity index (χ1n) is 7.48. The van der Waals surface area contributed by atoms with Crippen LogP contribution in [0.5, 0.6) is 5.88 Å². The van der Waals surface area contributed by atoms with Crippen LogP contribution in [0.1, 0.15) is 26.2 Å². The smallest absolute Gasteiger partial charge is 0.319 e. The first kappa shape index (κ1) is 15.6. The van der Waals surface area contributed by atoms with Gasteiger partial charge in [0.2, 0.25) is 5.88 Å². The predicted octanol–water partition coefficient (Wildman–Crippen LogP) is 2.09. The molecule has 21 heavy (non-hydrogen) atoms. The summed E-state index contributed by atoms with van der Waals surface area (Å²) in [6.45, 7) is 4.90. The number of carbonyl (C=O) groups excluding carboxylic acids is 1. The quantitative estimate of drug-likeness (QED) is 0.872. The summed E-state index contributed by atoms with van der Waals surface area (Å²) in [7, 11) is 1.53. The predicted molar refractivity (Wildman–Crippen MR) is 82.7 cm³/mol. The number of hydrogen-bond acceptors (Lipinski definition) is 4. The van der Waals surface area contributed by atoms with Crippen LogP contribution in [-0.4, -0.2) is 48.7 Å². The lowest BCUT2D eigenvalue weighted by Gasteiger charge is -2.33. The van der Waals surface area contributed by atoms with Gasteiger partial charge < -0.3 is 15.4 Å². The van der Waals surface area contributed by atoms with E-state index in [0.29, 0.717) is 24.2 Å². The van der Waals surface area contributed by atoms with Gasteiger partial charge >= 0.3 is 6.03 Å². The van der Waals surface area contributed by atoms with E-state index in [4.69, 9.17) is 4.74 Å². The zero-order valence-corrected chi connectivity index (χ0v) is 12.8. The number of aromatic nitrogens is 1. The van der Waals surface area contributed by atoms with Crippen molar-refractivity contribution in [2.24, 2.45) is 0 Å². The highest BCUT2D eigenvalue weighted by Gasteiger charge is 2.17. The maximum Gasteiger partial charge on any atom is 0.319 e. The van der Waals surface area contributed by atoms with Crippen LogP contribution in [0.2, 0.25) is 0 Å². The van der Waals surface area contributed by atoms with Gasteiger partial charge in [0.1, 0.15) is 5.69 Å². The molecule has 1 aliphatic heterocycles. The monoisotopic (exact) mass is 292 g/mol. The number of rotatable bonds is 5. The largest absolute Gasteiger partial charge is 0.480 e. The molecule has 0 aliphatic carbocycles. The second-order valence-electron chi connectivity index (χ2n) is 5.32. The van der Waals surface area contributed by atoms with Crippen LogP contribution in [0, 0.1) is 0 Å². The number of urea groups is 1. The molecule has 1 fully saturated rings. The fourth-order valence-electron chi connectivity index (χ4n) is 2.62. The van der Waals surface area contributed by atoms with Crippen molar-refractivity contribution in [3.05, 3.63) is 18.3 Å². The summed E-state index contributed by atoms with van der Waals surface area (Å²) < 4.78 is 5.10. The van der Waals surface area contributed by atoms with Crippen LogP contribution in [0.4, 0.5) is 10.5 Å². The highest BCUT2D eigenvalue weighted by molar-refractivity contribution is 5.90. The number of ether oxygens (including phenoxy) is 1. The number of carbonyl (C=O) groups is 1. The molecular formula is C15H24N4O2. The number of piperidine rings is 1. The molecule has 0 aromatic carbocycles. The molecule has 1 aromatic heterocycles. The van der Waals surface area contributed by atoms with E-state index in [1.165, 1.54) is 26.4 Å². The number of methoxy groups -OCH3 is 1. The Kier molecular flexibility index (Phi) is 5.80. The molecule has 0 radical (unpaired) electrons. The van der Waals surface area contributed by atoms with Crippen molar-refractivity contribution in [2.45, 2.75) is 32.2 Å². The number of hydrogen-bond donors (Lipinski definition) is 2. The van der Waals surface area contributed by atoms with Crippen molar-refractivity contribution in [3.63, 3.8) is 0 Å². The molecule has 116 valence electrons. The molecule has 2 amide bonds. The lowest BCUT2D eigenvalue weighted by Crippen LogP contribution is -2.43. The number of anilines is 1. The summed E-state index contributed by atoms with van der Waals surface area (Å²) in [5.74, 6) is 0.414. The molecule has 1 aliphatic rings. The van der Waals surface area contributed by atoms with E-state index in [2.05, 4.69) is 27.4 Å². The molecule has 0 bridgehead atoms. The molecule has 0 unspecified atom stereocenters. The minimum atomic E-state index is -0.231. The standard InChI is InChI=1S/C15H24N4O2/c1-12-6-3-4-10-19(12)11-9-17-15(20)18-13-7-5-8-16-14(13)21-2/h5,7-8,12H,3-4,6,9-11H2,1-2H3,(H2,17,18,20)/t12-/m1/s1. The Morgan fingerprint density at radius 1 is 1.52 bits per heavy atom. The Labute approximate surface area is 125 Å². The number of nitrogens with one attached hydrogen (secondary N) is 2. The highest BCUT2D eigenvalue weighted by Crippen LogP contribution is 2.19. The number of pyridine rings is 1. The molecule has 0 saturated carbocycles. The maximum atomic E-state index is 11.9. The van der Waals surface area contributed by atoms with Gasteiger partial charge in [-0.25, -0.2) is 9.78 Å². The van der Waals surface area contributed by atoms with E-state index >= 15 is 0 Å². The normalized spacial score (nSPS) is 19.0. The molecule has 0 spiro atoms. The fraction of sp³-hybridized carbons (Fsp3) is 0.600. The Bertz CT molecular complexity index is 467. The molecule has 2 heterocycles.